The molecule has 0 aromatic rings. The SMILES string of the molecule is CCCCC1C(CC)CC(CC)C2CCCN12. The van der Waals surface area contributed by atoms with Crippen LogP contribution in [0.25, 0.3) is 0 Å². The molecule has 0 aromatic heterocycles. The molecule has 2 fully saturated rings. The standard InChI is InChI=1S/C16H31N/c1-4-7-9-15-13(5-2)12-14(6-3)16-10-8-11-17(15)16/h13-16H,4-12H2,1-3H3. The lowest BCUT2D eigenvalue weighted by Crippen LogP contribution is -2.51. The second kappa shape index (κ2) is 6.22. The average molecular weight is 237 g/mol. The average Bonchev–Trinajstić information content (AvgIpc) is 2.84. The summed E-state index contributed by atoms with van der Waals surface area (Å²) in [5.41, 5.74) is 0. The molecule has 0 bridgehead atoms. The Hall–Kier alpha value is -0.0400. The summed E-state index contributed by atoms with van der Waals surface area (Å²) in [7, 11) is 0. The van der Waals surface area contributed by atoms with E-state index in [-0.39, 0.29) is 0 Å². The lowest BCUT2D eigenvalue weighted by Gasteiger charge is -2.47. The molecule has 0 amide bonds. The van der Waals surface area contributed by atoms with Gasteiger partial charge in [-0.15, -0.1) is 0 Å². The first-order valence-electron chi connectivity index (χ1n) is 8.07. The molecule has 2 heterocycles. The molecule has 0 radical (unpaired) electrons. The molecule has 2 rings (SSSR count). The van der Waals surface area contributed by atoms with E-state index in [4.69, 9.17) is 0 Å². The number of unbranched alkanes of at least 4 members (excludes halogenated alkanes) is 1. The Bertz CT molecular complexity index is 226. The molecule has 0 aliphatic carbocycles. The highest BCUT2D eigenvalue weighted by Gasteiger charge is 2.42. The Morgan fingerprint density at radius 1 is 1.06 bits per heavy atom. The monoisotopic (exact) mass is 237 g/mol. The van der Waals surface area contributed by atoms with Crippen LogP contribution in [0.5, 0.6) is 0 Å². The summed E-state index contributed by atoms with van der Waals surface area (Å²) in [6.07, 6.45) is 11.5. The van der Waals surface area contributed by atoms with Crippen molar-refractivity contribution in [2.75, 3.05) is 6.54 Å². The van der Waals surface area contributed by atoms with Crippen LogP contribution in [0, 0.1) is 11.8 Å². The highest BCUT2D eigenvalue weighted by molar-refractivity contribution is 4.96. The number of rotatable bonds is 5. The van der Waals surface area contributed by atoms with E-state index in [9.17, 15) is 0 Å². The van der Waals surface area contributed by atoms with Gasteiger partial charge in [-0.05, 0) is 44.1 Å². The minimum Gasteiger partial charge on any atom is -0.297 e. The van der Waals surface area contributed by atoms with Crippen LogP contribution in [0.15, 0.2) is 0 Å². The van der Waals surface area contributed by atoms with Gasteiger partial charge in [-0.25, -0.2) is 0 Å². The second-order valence-corrected chi connectivity index (χ2v) is 6.23. The summed E-state index contributed by atoms with van der Waals surface area (Å²) in [4.78, 5) is 2.92. The molecule has 2 aliphatic rings. The summed E-state index contributed by atoms with van der Waals surface area (Å²) in [5.74, 6) is 1.99. The normalized spacial score (nSPS) is 38.3. The van der Waals surface area contributed by atoms with Gasteiger partial charge < -0.3 is 0 Å². The van der Waals surface area contributed by atoms with E-state index in [2.05, 4.69) is 25.7 Å². The van der Waals surface area contributed by atoms with Gasteiger partial charge in [-0.3, -0.25) is 4.90 Å². The zero-order chi connectivity index (χ0) is 12.3. The summed E-state index contributed by atoms with van der Waals surface area (Å²) >= 11 is 0. The van der Waals surface area contributed by atoms with E-state index in [1.54, 1.807) is 0 Å². The molecule has 100 valence electrons. The molecule has 1 heteroatoms. The Morgan fingerprint density at radius 2 is 1.82 bits per heavy atom. The minimum atomic E-state index is 0.926. The molecule has 4 atom stereocenters. The molecule has 0 saturated carbocycles. The first kappa shape index (κ1) is 13.4. The molecule has 0 aromatic carbocycles. The van der Waals surface area contributed by atoms with Gasteiger partial charge >= 0.3 is 0 Å². The lowest BCUT2D eigenvalue weighted by atomic mass is 9.75. The number of hydrogen-bond donors (Lipinski definition) is 0. The zero-order valence-corrected chi connectivity index (χ0v) is 12.1. The second-order valence-electron chi connectivity index (χ2n) is 6.23. The van der Waals surface area contributed by atoms with Crippen LogP contribution in [-0.2, 0) is 0 Å². The maximum absolute atomic E-state index is 2.92. The minimum absolute atomic E-state index is 0.926. The predicted octanol–water partition coefficient (Wildman–Crippen LogP) is 4.47. The molecule has 2 aliphatic heterocycles. The van der Waals surface area contributed by atoms with Crippen LogP contribution in [0.4, 0.5) is 0 Å². The topological polar surface area (TPSA) is 3.24 Å². The van der Waals surface area contributed by atoms with Crippen LogP contribution < -0.4 is 0 Å². The molecule has 0 N–H and O–H groups in total. The Kier molecular flexibility index (Phi) is 4.90. The quantitative estimate of drug-likeness (QED) is 0.682. The molecule has 1 nitrogen and oxygen atoms in total. The lowest BCUT2D eigenvalue weighted by molar-refractivity contribution is 0.0181. The molecular formula is C16H31N. The first-order valence-corrected chi connectivity index (χ1v) is 8.07. The van der Waals surface area contributed by atoms with Crippen molar-refractivity contribution in [2.45, 2.75) is 84.2 Å². The summed E-state index contributed by atoms with van der Waals surface area (Å²) in [6, 6.07) is 1.87. The van der Waals surface area contributed by atoms with Crippen molar-refractivity contribution in [3.63, 3.8) is 0 Å². The van der Waals surface area contributed by atoms with Gasteiger partial charge in [0.15, 0.2) is 0 Å². The Balaban J connectivity index is 2.06. The van der Waals surface area contributed by atoms with E-state index >= 15 is 0 Å². The highest BCUT2D eigenvalue weighted by Crippen LogP contribution is 2.42. The highest BCUT2D eigenvalue weighted by atomic mass is 15.2. The van der Waals surface area contributed by atoms with Crippen molar-refractivity contribution in [3.8, 4) is 0 Å². The number of nitrogens with zero attached hydrogens (tertiary/aromatic N) is 1. The Morgan fingerprint density at radius 3 is 2.47 bits per heavy atom. The fourth-order valence-electron chi connectivity index (χ4n) is 4.40. The van der Waals surface area contributed by atoms with Crippen molar-refractivity contribution >= 4 is 0 Å². The summed E-state index contributed by atoms with van der Waals surface area (Å²) in [6.45, 7) is 8.54. The fraction of sp³-hybridized carbons (Fsp3) is 1.00. The van der Waals surface area contributed by atoms with Crippen LogP contribution >= 0.6 is 0 Å². The van der Waals surface area contributed by atoms with Gasteiger partial charge in [0, 0.05) is 12.1 Å². The van der Waals surface area contributed by atoms with Crippen molar-refractivity contribution in [1.82, 2.24) is 4.90 Å². The maximum Gasteiger partial charge on any atom is 0.0127 e. The van der Waals surface area contributed by atoms with Gasteiger partial charge in [0.2, 0.25) is 0 Å². The van der Waals surface area contributed by atoms with Crippen molar-refractivity contribution in [3.05, 3.63) is 0 Å². The van der Waals surface area contributed by atoms with E-state index in [1.807, 2.05) is 0 Å². The largest absolute Gasteiger partial charge is 0.297 e. The van der Waals surface area contributed by atoms with Gasteiger partial charge in [0.1, 0.15) is 0 Å². The third-order valence-electron chi connectivity index (χ3n) is 5.36. The first-order chi connectivity index (χ1) is 8.31. The predicted molar refractivity (Wildman–Crippen MR) is 75.2 cm³/mol. The number of hydrogen-bond acceptors (Lipinski definition) is 1. The van der Waals surface area contributed by atoms with E-state index in [0.29, 0.717) is 0 Å². The van der Waals surface area contributed by atoms with Gasteiger partial charge in [-0.2, -0.15) is 0 Å². The van der Waals surface area contributed by atoms with Crippen LogP contribution in [0.1, 0.15) is 72.1 Å². The Labute approximate surface area is 108 Å². The van der Waals surface area contributed by atoms with Crippen molar-refractivity contribution < 1.29 is 0 Å². The van der Waals surface area contributed by atoms with Crippen LogP contribution in [0.2, 0.25) is 0 Å². The molecule has 17 heavy (non-hydrogen) atoms. The van der Waals surface area contributed by atoms with Gasteiger partial charge in [0.25, 0.3) is 0 Å². The van der Waals surface area contributed by atoms with Gasteiger partial charge in [-0.1, -0.05) is 46.5 Å². The van der Waals surface area contributed by atoms with E-state index in [0.717, 1.165) is 23.9 Å². The zero-order valence-electron chi connectivity index (χ0n) is 12.1. The van der Waals surface area contributed by atoms with E-state index in [1.165, 1.54) is 57.9 Å². The number of fused-ring (bicyclic) bond motifs is 1. The summed E-state index contributed by atoms with van der Waals surface area (Å²) in [5, 5.41) is 0. The van der Waals surface area contributed by atoms with Crippen LogP contribution in [0.3, 0.4) is 0 Å². The fourth-order valence-corrected chi connectivity index (χ4v) is 4.40. The maximum atomic E-state index is 2.92. The van der Waals surface area contributed by atoms with Crippen LogP contribution in [-0.4, -0.2) is 23.5 Å². The summed E-state index contributed by atoms with van der Waals surface area (Å²) < 4.78 is 0. The third kappa shape index (κ3) is 2.70. The smallest absolute Gasteiger partial charge is 0.0127 e. The number of piperidine rings is 1. The molecule has 0 spiro atoms. The third-order valence-corrected chi connectivity index (χ3v) is 5.36. The van der Waals surface area contributed by atoms with Crippen molar-refractivity contribution in [2.24, 2.45) is 11.8 Å². The van der Waals surface area contributed by atoms with E-state index < -0.39 is 0 Å². The molecular weight excluding hydrogens is 206 g/mol. The molecule has 2 saturated heterocycles. The van der Waals surface area contributed by atoms with Crippen molar-refractivity contribution in [1.29, 1.82) is 0 Å². The molecule has 4 unspecified atom stereocenters. The van der Waals surface area contributed by atoms with Gasteiger partial charge in [0.05, 0.1) is 0 Å².